The lowest BCUT2D eigenvalue weighted by molar-refractivity contribution is -0.126. The van der Waals surface area contributed by atoms with E-state index in [9.17, 15) is 13.2 Å². The van der Waals surface area contributed by atoms with Crippen LogP contribution in [0.2, 0.25) is 0 Å². The maximum atomic E-state index is 12.6. The molecule has 0 spiro atoms. The van der Waals surface area contributed by atoms with Gasteiger partial charge in [-0.2, -0.15) is 0 Å². The zero-order valence-electron chi connectivity index (χ0n) is 15.7. The average molecular weight is 367 g/mol. The summed E-state index contributed by atoms with van der Waals surface area (Å²) >= 11 is 0. The van der Waals surface area contributed by atoms with Gasteiger partial charge >= 0.3 is 0 Å². The summed E-state index contributed by atoms with van der Waals surface area (Å²) in [6.45, 7) is 8.76. The van der Waals surface area contributed by atoms with E-state index in [2.05, 4.69) is 44.3 Å². The quantitative estimate of drug-likeness (QED) is 0.842. The number of nitrogens with one attached hydrogen (secondary N) is 1. The molecule has 1 aromatic carbocycles. The van der Waals surface area contributed by atoms with E-state index in [0.717, 1.165) is 12.0 Å². The minimum absolute atomic E-state index is 0.00389. The van der Waals surface area contributed by atoms with Crippen molar-refractivity contribution in [3.8, 4) is 0 Å². The molecule has 2 rings (SSSR count). The smallest absolute Gasteiger partial charge is 0.223 e. The van der Waals surface area contributed by atoms with Gasteiger partial charge in [-0.3, -0.25) is 4.79 Å². The van der Waals surface area contributed by atoms with Crippen LogP contribution in [0.15, 0.2) is 18.2 Å². The van der Waals surface area contributed by atoms with E-state index in [1.807, 2.05) is 0 Å². The molecular weight excluding hydrogens is 336 g/mol. The van der Waals surface area contributed by atoms with Crippen molar-refractivity contribution in [2.24, 2.45) is 5.92 Å². The van der Waals surface area contributed by atoms with Gasteiger partial charge in [0, 0.05) is 19.0 Å². The van der Waals surface area contributed by atoms with Gasteiger partial charge in [0.15, 0.2) is 0 Å². The fourth-order valence-electron chi connectivity index (χ4n) is 3.27. The van der Waals surface area contributed by atoms with Crippen LogP contribution in [0.25, 0.3) is 0 Å². The van der Waals surface area contributed by atoms with Crippen molar-refractivity contribution in [3.05, 3.63) is 34.9 Å². The van der Waals surface area contributed by atoms with Gasteiger partial charge in [0.1, 0.15) is 0 Å². The van der Waals surface area contributed by atoms with Crippen LogP contribution in [-0.2, 0) is 14.8 Å². The molecule has 5 nitrogen and oxygen atoms in total. The third kappa shape index (κ3) is 4.82. The Kier molecular flexibility index (Phi) is 6.63. The van der Waals surface area contributed by atoms with Gasteiger partial charge in [-0.05, 0) is 56.7 Å². The Balaban J connectivity index is 1.98. The van der Waals surface area contributed by atoms with E-state index in [1.54, 1.807) is 6.92 Å². The van der Waals surface area contributed by atoms with Crippen LogP contribution in [0, 0.1) is 19.8 Å². The summed E-state index contributed by atoms with van der Waals surface area (Å²) in [6, 6.07) is 6.31. The van der Waals surface area contributed by atoms with Gasteiger partial charge in [-0.15, -0.1) is 0 Å². The summed E-state index contributed by atoms with van der Waals surface area (Å²) in [7, 11) is -3.15. The standard InChI is InChI=1S/C19H30N2O3S/c1-5-18(17-8-7-14(3)15(4)13-17)20-19(22)16-9-11-21(12-10-16)25(23,24)6-2/h7-8,13,16,18H,5-6,9-12H2,1-4H3,(H,20,22)/t18-/m0/s1. The maximum Gasteiger partial charge on any atom is 0.223 e. The fourth-order valence-corrected chi connectivity index (χ4v) is 4.40. The van der Waals surface area contributed by atoms with E-state index >= 15 is 0 Å². The maximum absolute atomic E-state index is 12.6. The minimum Gasteiger partial charge on any atom is -0.349 e. The van der Waals surface area contributed by atoms with Crippen LogP contribution in [-0.4, -0.2) is 37.5 Å². The molecule has 140 valence electrons. The summed E-state index contributed by atoms with van der Waals surface area (Å²) < 4.78 is 25.4. The molecule has 1 heterocycles. The number of carbonyl (C=O) groups is 1. The molecule has 0 aliphatic carbocycles. The van der Waals surface area contributed by atoms with Crippen LogP contribution >= 0.6 is 0 Å². The number of hydrogen-bond acceptors (Lipinski definition) is 3. The van der Waals surface area contributed by atoms with Gasteiger partial charge in [0.25, 0.3) is 0 Å². The first-order valence-electron chi connectivity index (χ1n) is 9.13. The van der Waals surface area contributed by atoms with Crippen molar-refractivity contribution in [1.29, 1.82) is 0 Å². The Hall–Kier alpha value is -1.40. The van der Waals surface area contributed by atoms with Crippen molar-refractivity contribution in [3.63, 3.8) is 0 Å². The highest BCUT2D eigenvalue weighted by Crippen LogP contribution is 2.24. The molecule has 0 bridgehead atoms. The van der Waals surface area contributed by atoms with Gasteiger partial charge in [-0.25, -0.2) is 12.7 Å². The second-order valence-electron chi connectivity index (χ2n) is 6.89. The zero-order valence-corrected chi connectivity index (χ0v) is 16.5. The monoisotopic (exact) mass is 366 g/mol. The second-order valence-corrected chi connectivity index (χ2v) is 9.14. The molecule has 0 radical (unpaired) electrons. The number of piperidine rings is 1. The molecule has 0 unspecified atom stereocenters. The first-order valence-corrected chi connectivity index (χ1v) is 10.7. The van der Waals surface area contributed by atoms with Crippen molar-refractivity contribution in [2.45, 2.75) is 53.0 Å². The second kappa shape index (κ2) is 8.32. The molecular formula is C19H30N2O3S. The summed E-state index contributed by atoms with van der Waals surface area (Å²) in [6.07, 6.45) is 2.01. The molecule has 1 aliphatic rings. The Labute approximate surface area is 151 Å². The Morgan fingerprint density at radius 1 is 1.20 bits per heavy atom. The predicted octanol–water partition coefficient (Wildman–Crippen LogP) is 2.93. The highest BCUT2D eigenvalue weighted by atomic mass is 32.2. The summed E-state index contributed by atoms with van der Waals surface area (Å²) in [5.41, 5.74) is 3.60. The van der Waals surface area contributed by atoms with Crippen molar-refractivity contribution < 1.29 is 13.2 Å². The highest BCUT2D eigenvalue weighted by molar-refractivity contribution is 7.89. The largest absolute Gasteiger partial charge is 0.349 e. The minimum atomic E-state index is -3.15. The van der Waals surface area contributed by atoms with Gasteiger partial charge < -0.3 is 5.32 Å². The number of benzene rings is 1. The lowest BCUT2D eigenvalue weighted by Gasteiger charge is -2.31. The van der Waals surface area contributed by atoms with E-state index in [0.29, 0.717) is 25.9 Å². The molecule has 6 heteroatoms. The van der Waals surface area contributed by atoms with E-state index in [1.165, 1.54) is 15.4 Å². The number of amides is 1. The third-order valence-electron chi connectivity index (χ3n) is 5.24. The molecule has 1 aliphatic heterocycles. The highest BCUT2D eigenvalue weighted by Gasteiger charge is 2.30. The predicted molar refractivity (Wildman–Crippen MR) is 101 cm³/mol. The molecule has 0 aromatic heterocycles. The summed E-state index contributed by atoms with van der Waals surface area (Å²) in [4.78, 5) is 12.6. The van der Waals surface area contributed by atoms with Gasteiger partial charge in [-0.1, -0.05) is 25.1 Å². The van der Waals surface area contributed by atoms with Crippen LogP contribution in [0.1, 0.15) is 55.8 Å². The molecule has 1 aromatic rings. The van der Waals surface area contributed by atoms with Crippen LogP contribution in [0.5, 0.6) is 0 Å². The van der Waals surface area contributed by atoms with Crippen molar-refractivity contribution in [1.82, 2.24) is 9.62 Å². The van der Waals surface area contributed by atoms with Gasteiger partial charge in [0.05, 0.1) is 11.8 Å². The first kappa shape index (κ1) is 19.9. The summed E-state index contributed by atoms with van der Waals surface area (Å²) in [5.74, 6) is 0.0525. The molecule has 1 amide bonds. The van der Waals surface area contributed by atoms with E-state index < -0.39 is 10.0 Å². The Morgan fingerprint density at radius 2 is 1.84 bits per heavy atom. The number of rotatable bonds is 6. The van der Waals surface area contributed by atoms with E-state index in [-0.39, 0.29) is 23.6 Å². The topological polar surface area (TPSA) is 66.5 Å². The van der Waals surface area contributed by atoms with Crippen LogP contribution in [0.3, 0.4) is 0 Å². The van der Waals surface area contributed by atoms with Crippen molar-refractivity contribution >= 4 is 15.9 Å². The zero-order chi connectivity index (χ0) is 18.6. The van der Waals surface area contributed by atoms with Crippen LogP contribution < -0.4 is 5.32 Å². The molecule has 1 N–H and O–H groups in total. The van der Waals surface area contributed by atoms with Gasteiger partial charge in [0.2, 0.25) is 15.9 Å². The molecule has 0 saturated carbocycles. The first-order chi connectivity index (χ1) is 11.8. The summed E-state index contributed by atoms with van der Waals surface area (Å²) in [5, 5.41) is 3.16. The number of hydrogen-bond donors (Lipinski definition) is 1. The Bertz CT molecular complexity index is 707. The molecule has 25 heavy (non-hydrogen) atoms. The number of sulfonamides is 1. The average Bonchev–Trinajstić information content (AvgIpc) is 2.62. The number of aryl methyl sites for hydroxylation is 2. The number of carbonyl (C=O) groups excluding carboxylic acids is 1. The Morgan fingerprint density at radius 3 is 2.36 bits per heavy atom. The third-order valence-corrected chi connectivity index (χ3v) is 7.12. The normalized spacial score (nSPS) is 18.1. The van der Waals surface area contributed by atoms with Crippen molar-refractivity contribution in [2.75, 3.05) is 18.8 Å². The lowest BCUT2D eigenvalue weighted by atomic mass is 9.95. The van der Waals surface area contributed by atoms with Crippen LogP contribution in [0.4, 0.5) is 0 Å². The molecule has 1 saturated heterocycles. The molecule has 1 fully saturated rings. The number of nitrogens with zero attached hydrogens (tertiary/aromatic N) is 1. The SMILES string of the molecule is CC[C@H](NC(=O)C1CCN(S(=O)(=O)CC)CC1)c1ccc(C)c(C)c1. The fraction of sp³-hybridized carbons (Fsp3) is 0.632. The lowest BCUT2D eigenvalue weighted by Crippen LogP contribution is -2.44. The van der Waals surface area contributed by atoms with E-state index in [4.69, 9.17) is 0 Å². The molecule has 1 atom stereocenters.